The topological polar surface area (TPSA) is 64.3 Å². The molecule has 0 aliphatic heterocycles. The van der Waals surface area contributed by atoms with Crippen LogP contribution in [0, 0.1) is 11.3 Å². The number of likely N-dealkylation sites (N-methyl/N-ethyl adjacent to an activating group) is 1. The molecule has 0 aromatic carbocycles. The molecule has 0 radical (unpaired) electrons. The van der Waals surface area contributed by atoms with E-state index in [1.807, 2.05) is 0 Å². The number of thiophene rings is 1. The fourth-order valence-electron chi connectivity index (χ4n) is 0.990. The summed E-state index contributed by atoms with van der Waals surface area (Å²) in [5, 5.41) is 18.6. The Kier molecular flexibility index (Phi) is 3.93. The minimum atomic E-state index is -0.537. The molecule has 6 heteroatoms. The van der Waals surface area contributed by atoms with E-state index in [-0.39, 0.29) is 11.3 Å². The number of halogens is 1. The number of nitriles is 1. The van der Waals surface area contributed by atoms with Crippen LogP contribution in [0.25, 0.3) is 5.76 Å². The van der Waals surface area contributed by atoms with Crippen LogP contribution in [0.3, 0.4) is 0 Å². The fourth-order valence-corrected chi connectivity index (χ4v) is 1.98. The molecule has 4 nitrogen and oxygen atoms in total. The van der Waals surface area contributed by atoms with Gasteiger partial charge in [0.15, 0.2) is 11.3 Å². The SMILES string of the molecule is CN(C)C(=O)C(C#N)=C(O)c1ccc(Cl)s1. The van der Waals surface area contributed by atoms with Gasteiger partial charge in [0.2, 0.25) is 0 Å². The van der Waals surface area contributed by atoms with Crippen LogP contribution in [0.1, 0.15) is 4.88 Å². The van der Waals surface area contributed by atoms with Gasteiger partial charge in [-0.3, -0.25) is 4.79 Å². The predicted octanol–water partition coefficient (Wildman–Crippen LogP) is 2.28. The van der Waals surface area contributed by atoms with E-state index in [4.69, 9.17) is 16.9 Å². The lowest BCUT2D eigenvalue weighted by Crippen LogP contribution is -2.23. The van der Waals surface area contributed by atoms with Crippen LogP contribution in [0.2, 0.25) is 4.34 Å². The van der Waals surface area contributed by atoms with E-state index >= 15 is 0 Å². The molecular formula is C10H9ClN2O2S. The summed E-state index contributed by atoms with van der Waals surface area (Å²) in [6, 6.07) is 4.84. The van der Waals surface area contributed by atoms with E-state index in [0.717, 1.165) is 11.3 Å². The number of hydrogen-bond acceptors (Lipinski definition) is 4. The van der Waals surface area contributed by atoms with E-state index in [9.17, 15) is 9.90 Å². The first-order valence-corrected chi connectivity index (χ1v) is 5.47. The summed E-state index contributed by atoms with van der Waals surface area (Å²) in [7, 11) is 3.02. The van der Waals surface area contributed by atoms with E-state index in [1.165, 1.54) is 19.0 Å². The van der Waals surface area contributed by atoms with Gasteiger partial charge in [-0.05, 0) is 12.1 Å². The van der Waals surface area contributed by atoms with Crippen LogP contribution >= 0.6 is 22.9 Å². The lowest BCUT2D eigenvalue weighted by molar-refractivity contribution is -0.124. The molecule has 1 N–H and O–H groups in total. The standard InChI is InChI=1S/C10H9ClN2O2S/c1-13(2)10(15)6(5-12)9(14)7-3-4-8(11)16-7/h3-4,14H,1-2H3. The normalized spacial score (nSPS) is 11.6. The van der Waals surface area contributed by atoms with Gasteiger partial charge < -0.3 is 10.0 Å². The maximum Gasteiger partial charge on any atom is 0.267 e. The van der Waals surface area contributed by atoms with E-state index < -0.39 is 5.91 Å². The van der Waals surface area contributed by atoms with Crippen molar-refractivity contribution in [1.82, 2.24) is 4.90 Å². The average molecular weight is 257 g/mol. The first-order chi connectivity index (χ1) is 7.47. The highest BCUT2D eigenvalue weighted by Crippen LogP contribution is 2.28. The Morgan fingerprint density at radius 3 is 2.56 bits per heavy atom. The van der Waals surface area contributed by atoms with Crippen LogP contribution in [0.5, 0.6) is 0 Å². The number of nitrogens with zero attached hydrogens (tertiary/aromatic N) is 2. The third-order valence-electron chi connectivity index (χ3n) is 1.78. The molecule has 84 valence electrons. The van der Waals surface area contributed by atoms with Gasteiger partial charge in [-0.2, -0.15) is 5.26 Å². The molecule has 0 spiro atoms. The summed E-state index contributed by atoms with van der Waals surface area (Å²) in [6.45, 7) is 0. The van der Waals surface area contributed by atoms with Crippen molar-refractivity contribution in [2.75, 3.05) is 14.1 Å². The molecule has 0 unspecified atom stereocenters. The molecule has 0 bridgehead atoms. The van der Waals surface area contributed by atoms with Gasteiger partial charge >= 0.3 is 0 Å². The second-order valence-electron chi connectivity index (χ2n) is 3.14. The maximum absolute atomic E-state index is 11.6. The second-order valence-corrected chi connectivity index (χ2v) is 4.85. The number of aliphatic hydroxyl groups is 1. The lowest BCUT2D eigenvalue weighted by atomic mass is 10.2. The summed E-state index contributed by atoms with van der Waals surface area (Å²) in [6.07, 6.45) is 0. The van der Waals surface area contributed by atoms with Crippen LogP contribution in [-0.4, -0.2) is 30.0 Å². The Hall–Kier alpha value is -1.51. The monoisotopic (exact) mass is 256 g/mol. The zero-order valence-corrected chi connectivity index (χ0v) is 10.3. The molecular weight excluding hydrogens is 248 g/mol. The number of carbonyl (C=O) groups excluding carboxylic acids is 1. The number of rotatable bonds is 2. The Morgan fingerprint density at radius 1 is 1.56 bits per heavy atom. The highest BCUT2D eigenvalue weighted by Gasteiger charge is 2.19. The number of carbonyl (C=O) groups is 1. The lowest BCUT2D eigenvalue weighted by Gasteiger charge is -2.09. The van der Waals surface area contributed by atoms with Crippen LogP contribution in [0.15, 0.2) is 17.7 Å². The van der Waals surface area contributed by atoms with Crippen molar-refractivity contribution in [3.8, 4) is 6.07 Å². The zero-order valence-electron chi connectivity index (χ0n) is 8.69. The third-order valence-corrected chi connectivity index (χ3v) is 3.01. The van der Waals surface area contributed by atoms with Crippen molar-refractivity contribution in [1.29, 1.82) is 5.26 Å². The van der Waals surface area contributed by atoms with E-state index in [2.05, 4.69) is 0 Å². The molecule has 1 amide bonds. The largest absolute Gasteiger partial charge is 0.505 e. The molecule has 0 saturated carbocycles. The van der Waals surface area contributed by atoms with Crippen molar-refractivity contribution in [2.24, 2.45) is 0 Å². The minimum Gasteiger partial charge on any atom is -0.505 e. The molecule has 16 heavy (non-hydrogen) atoms. The molecule has 0 aliphatic carbocycles. The van der Waals surface area contributed by atoms with Crippen LogP contribution < -0.4 is 0 Å². The first kappa shape index (κ1) is 12.6. The highest BCUT2D eigenvalue weighted by atomic mass is 35.5. The minimum absolute atomic E-state index is 0.288. The molecule has 1 aromatic rings. The molecule has 0 fully saturated rings. The van der Waals surface area contributed by atoms with Crippen molar-refractivity contribution >= 4 is 34.6 Å². The van der Waals surface area contributed by atoms with Gasteiger partial charge in [0.1, 0.15) is 6.07 Å². The van der Waals surface area contributed by atoms with Crippen molar-refractivity contribution in [2.45, 2.75) is 0 Å². The Balaban J connectivity index is 3.20. The van der Waals surface area contributed by atoms with Gasteiger partial charge in [-0.25, -0.2) is 0 Å². The Morgan fingerprint density at radius 2 is 2.19 bits per heavy atom. The number of amides is 1. The molecule has 0 aliphatic rings. The zero-order chi connectivity index (χ0) is 12.3. The summed E-state index contributed by atoms with van der Waals surface area (Å²) >= 11 is 6.81. The van der Waals surface area contributed by atoms with E-state index in [0.29, 0.717) is 9.21 Å². The molecule has 1 aromatic heterocycles. The van der Waals surface area contributed by atoms with Crippen LogP contribution in [-0.2, 0) is 4.79 Å². The quantitative estimate of drug-likeness (QED) is 0.502. The molecule has 0 atom stereocenters. The predicted molar refractivity (Wildman–Crippen MR) is 63.2 cm³/mol. The second kappa shape index (κ2) is 5.01. The van der Waals surface area contributed by atoms with Crippen molar-refractivity contribution in [3.63, 3.8) is 0 Å². The van der Waals surface area contributed by atoms with Crippen LogP contribution in [0.4, 0.5) is 0 Å². The Bertz CT molecular complexity index is 485. The van der Waals surface area contributed by atoms with Gasteiger partial charge in [0.05, 0.1) is 9.21 Å². The maximum atomic E-state index is 11.6. The summed E-state index contributed by atoms with van der Waals surface area (Å²) in [4.78, 5) is 13.2. The summed E-state index contributed by atoms with van der Waals surface area (Å²) < 4.78 is 0.483. The molecule has 1 heterocycles. The number of hydrogen-bond donors (Lipinski definition) is 1. The summed E-state index contributed by atoms with van der Waals surface area (Å²) in [5.74, 6) is -0.873. The van der Waals surface area contributed by atoms with E-state index in [1.54, 1.807) is 18.2 Å². The van der Waals surface area contributed by atoms with Gasteiger partial charge in [-0.1, -0.05) is 11.6 Å². The number of aliphatic hydroxyl groups excluding tert-OH is 1. The van der Waals surface area contributed by atoms with Gasteiger partial charge in [0.25, 0.3) is 5.91 Å². The Labute approximate surface area is 102 Å². The molecule has 0 saturated heterocycles. The first-order valence-electron chi connectivity index (χ1n) is 4.28. The van der Waals surface area contributed by atoms with Crippen molar-refractivity contribution in [3.05, 3.63) is 26.9 Å². The van der Waals surface area contributed by atoms with Gasteiger partial charge in [-0.15, -0.1) is 11.3 Å². The average Bonchev–Trinajstić information content (AvgIpc) is 2.65. The molecule has 1 rings (SSSR count). The fraction of sp³-hybridized carbons (Fsp3) is 0.200. The third kappa shape index (κ3) is 2.54. The van der Waals surface area contributed by atoms with Gasteiger partial charge in [0, 0.05) is 14.1 Å². The van der Waals surface area contributed by atoms with Crippen molar-refractivity contribution < 1.29 is 9.90 Å². The summed E-state index contributed by atoms with van der Waals surface area (Å²) in [5.41, 5.74) is -0.288. The highest BCUT2D eigenvalue weighted by molar-refractivity contribution is 7.17. The smallest absolute Gasteiger partial charge is 0.267 e.